The number of hydrogen-bond donors (Lipinski definition) is 0. The number of nitrogens with zero attached hydrogens (tertiary/aromatic N) is 5. The van der Waals surface area contributed by atoms with Gasteiger partial charge < -0.3 is 4.90 Å². The molecule has 0 saturated carbocycles. The highest BCUT2D eigenvalue weighted by Crippen LogP contribution is 2.40. The van der Waals surface area contributed by atoms with Crippen LogP contribution in [0.5, 0.6) is 0 Å². The molecule has 154 valence electrons. The normalized spacial score (nSPS) is 28.8. The van der Waals surface area contributed by atoms with E-state index < -0.39 is 0 Å². The largest absolute Gasteiger partial charge is 0.321 e. The number of aliphatic imine (C=N–C) groups is 1. The van der Waals surface area contributed by atoms with Crippen LogP contribution in [0.3, 0.4) is 0 Å². The van der Waals surface area contributed by atoms with Crippen molar-refractivity contribution >= 4 is 11.5 Å². The molecule has 5 rings (SSSR count). The number of aryl methyl sites for hydroxylation is 1. The van der Waals surface area contributed by atoms with E-state index >= 15 is 0 Å². The summed E-state index contributed by atoms with van der Waals surface area (Å²) in [5.74, 6) is 1.07. The van der Waals surface area contributed by atoms with Gasteiger partial charge in [0.2, 0.25) is 0 Å². The standard InChI is InChI=1S/C25H29N5/c1-17-8-6-15-27-24(17)21-11-4-12-22(29(21)3)25-18(2)30-20(10-5-13-23(30)28-25)19-9-7-14-26-16-19/h5-10,13-16,18,21-22,25H,4,11-12H2,1-3H3/t18?,21-,22+,25?/m0/s1. The monoisotopic (exact) mass is 399 g/mol. The number of aromatic nitrogens is 2. The van der Waals surface area contributed by atoms with Crippen molar-refractivity contribution in [3.8, 4) is 0 Å². The molecule has 0 aliphatic carbocycles. The molecule has 1 saturated heterocycles. The first-order chi connectivity index (χ1) is 14.6. The SMILES string of the molecule is Cc1cccnc1[C@@H]1CCC[C@H](C2N=C3C=CC=C(c4cccnc4)N3C2C)N1C. The molecule has 1 fully saturated rings. The van der Waals surface area contributed by atoms with Gasteiger partial charge in [-0.1, -0.05) is 12.1 Å². The fraction of sp³-hybridized carbons (Fsp3) is 0.400. The molecule has 5 nitrogen and oxygen atoms in total. The Hall–Kier alpha value is -2.79. The van der Waals surface area contributed by atoms with Crippen LogP contribution in [0.2, 0.25) is 0 Å². The fourth-order valence-corrected chi connectivity index (χ4v) is 5.36. The highest BCUT2D eigenvalue weighted by atomic mass is 15.3. The zero-order valence-corrected chi connectivity index (χ0v) is 17.9. The summed E-state index contributed by atoms with van der Waals surface area (Å²) in [6.07, 6.45) is 15.7. The van der Waals surface area contributed by atoms with Gasteiger partial charge in [-0.3, -0.25) is 19.9 Å². The van der Waals surface area contributed by atoms with E-state index in [-0.39, 0.29) is 6.04 Å². The average molecular weight is 400 g/mol. The van der Waals surface area contributed by atoms with Crippen molar-refractivity contribution in [1.82, 2.24) is 19.8 Å². The van der Waals surface area contributed by atoms with Crippen molar-refractivity contribution < 1.29 is 0 Å². The number of amidine groups is 1. The van der Waals surface area contributed by atoms with Crippen LogP contribution in [0.1, 0.15) is 49.0 Å². The van der Waals surface area contributed by atoms with Crippen LogP contribution >= 0.6 is 0 Å². The van der Waals surface area contributed by atoms with Gasteiger partial charge in [0.15, 0.2) is 0 Å². The zero-order chi connectivity index (χ0) is 20.7. The molecule has 5 heteroatoms. The van der Waals surface area contributed by atoms with Crippen molar-refractivity contribution in [2.24, 2.45) is 4.99 Å². The predicted molar refractivity (Wildman–Crippen MR) is 121 cm³/mol. The number of pyridine rings is 2. The summed E-state index contributed by atoms with van der Waals surface area (Å²) in [4.78, 5) is 19.2. The first kappa shape index (κ1) is 19.2. The van der Waals surface area contributed by atoms with Crippen LogP contribution in [0.25, 0.3) is 5.70 Å². The number of piperidine rings is 1. The molecule has 0 bridgehead atoms. The summed E-state index contributed by atoms with van der Waals surface area (Å²) in [5.41, 5.74) is 4.83. The third-order valence-electron chi connectivity index (χ3n) is 6.90. The molecule has 2 aromatic rings. The number of allylic oxidation sites excluding steroid dienone is 2. The predicted octanol–water partition coefficient (Wildman–Crippen LogP) is 4.39. The average Bonchev–Trinajstić information content (AvgIpc) is 3.12. The third kappa shape index (κ3) is 3.18. The number of rotatable bonds is 3. The van der Waals surface area contributed by atoms with Crippen molar-refractivity contribution in [1.29, 1.82) is 0 Å². The number of likely N-dealkylation sites (N-methyl/N-ethyl adjacent to an activating group) is 1. The molecule has 3 aliphatic rings. The maximum absolute atomic E-state index is 5.22. The summed E-state index contributed by atoms with van der Waals surface area (Å²) < 4.78 is 0. The Labute approximate surface area is 178 Å². The molecule has 30 heavy (non-hydrogen) atoms. The van der Waals surface area contributed by atoms with E-state index in [4.69, 9.17) is 9.98 Å². The van der Waals surface area contributed by atoms with Gasteiger partial charge in [0.1, 0.15) is 5.84 Å². The van der Waals surface area contributed by atoms with Crippen LogP contribution in [0, 0.1) is 6.92 Å². The smallest absolute Gasteiger partial charge is 0.128 e. The lowest BCUT2D eigenvalue weighted by molar-refractivity contribution is 0.0849. The summed E-state index contributed by atoms with van der Waals surface area (Å²) >= 11 is 0. The van der Waals surface area contributed by atoms with Gasteiger partial charge in [0.25, 0.3) is 0 Å². The van der Waals surface area contributed by atoms with Gasteiger partial charge in [0, 0.05) is 30.2 Å². The maximum atomic E-state index is 5.22. The minimum atomic E-state index is 0.236. The molecule has 0 amide bonds. The molecule has 0 aromatic carbocycles. The zero-order valence-electron chi connectivity index (χ0n) is 17.9. The topological polar surface area (TPSA) is 44.6 Å². The Morgan fingerprint density at radius 3 is 2.77 bits per heavy atom. The molecular weight excluding hydrogens is 370 g/mol. The van der Waals surface area contributed by atoms with Crippen LogP contribution in [0.4, 0.5) is 0 Å². The van der Waals surface area contributed by atoms with Gasteiger partial charge >= 0.3 is 0 Å². The Morgan fingerprint density at radius 1 is 1.10 bits per heavy atom. The summed E-state index contributed by atoms with van der Waals surface area (Å²) in [6.45, 7) is 4.49. The molecule has 2 unspecified atom stereocenters. The van der Waals surface area contributed by atoms with Crippen LogP contribution in [-0.2, 0) is 0 Å². The van der Waals surface area contributed by atoms with E-state index in [9.17, 15) is 0 Å². The first-order valence-electron chi connectivity index (χ1n) is 10.9. The molecule has 0 spiro atoms. The van der Waals surface area contributed by atoms with Gasteiger partial charge in [-0.2, -0.15) is 0 Å². The summed E-state index contributed by atoms with van der Waals surface area (Å²) in [6, 6.07) is 9.63. The van der Waals surface area contributed by atoms with Gasteiger partial charge in [-0.05, 0) is 76.1 Å². The van der Waals surface area contributed by atoms with Crippen molar-refractivity contribution in [3.63, 3.8) is 0 Å². The second kappa shape index (κ2) is 7.80. The molecule has 4 atom stereocenters. The van der Waals surface area contributed by atoms with Crippen molar-refractivity contribution in [2.75, 3.05) is 7.05 Å². The van der Waals surface area contributed by atoms with E-state index in [1.54, 1.807) is 0 Å². The molecule has 5 heterocycles. The highest BCUT2D eigenvalue weighted by molar-refractivity contribution is 6.03. The number of fused-ring (bicyclic) bond motifs is 1. The molecule has 2 aromatic heterocycles. The first-order valence-corrected chi connectivity index (χ1v) is 10.9. The lowest BCUT2D eigenvalue weighted by atomic mass is 9.87. The Morgan fingerprint density at radius 2 is 1.97 bits per heavy atom. The Balaban J connectivity index is 1.43. The fourth-order valence-electron chi connectivity index (χ4n) is 5.36. The highest BCUT2D eigenvalue weighted by Gasteiger charge is 2.43. The van der Waals surface area contributed by atoms with Crippen LogP contribution in [-0.4, -0.2) is 50.8 Å². The van der Waals surface area contributed by atoms with Crippen LogP contribution < -0.4 is 0 Å². The molecule has 3 aliphatic heterocycles. The number of hydrogen-bond acceptors (Lipinski definition) is 5. The maximum Gasteiger partial charge on any atom is 0.128 e. The van der Waals surface area contributed by atoms with E-state index in [1.165, 1.54) is 29.8 Å². The van der Waals surface area contributed by atoms with Gasteiger partial charge in [-0.15, -0.1) is 0 Å². The second-order valence-electron chi connectivity index (χ2n) is 8.63. The van der Waals surface area contributed by atoms with Gasteiger partial charge in [0.05, 0.1) is 29.5 Å². The summed E-state index contributed by atoms with van der Waals surface area (Å²) in [5, 5.41) is 0. The molecule has 0 radical (unpaired) electrons. The minimum Gasteiger partial charge on any atom is -0.321 e. The quantitative estimate of drug-likeness (QED) is 0.768. The van der Waals surface area contributed by atoms with E-state index in [2.05, 4.69) is 66.0 Å². The van der Waals surface area contributed by atoms with Crippen molar-refractivity contribution in [2.45, 2.75) is 57.3 Å². The summed E-state index contributed by atoms with van der Waals surface area (Å²) in [7, 11) is 2.26. The number of likely N-dealkylation sites (tertiary alicyclic amines) is 1. The Bertz CT molecular complexity index is 1010. The molecular formula is C25H29N5. The minimum absolute atomic E-state index is 0.236. The molecule has 0 N–H and O–H groups in total. The third-order valence-corrected chi connectivity index (χ3v) is 6.90. The second-order valence-corrected chi connectivity index (χ2v) is 8.63. The lowest BCUT2D eigenvalue weighted by Crippen LogP contribution is -2.50. The van der Waals surface area contributed by atoms with Crippen LogP contribution in [0.15, 0.2) is 66.1 Å². The van der Waals surface area contributed by atoms with E-state index in [1.807, 2.05) is 30.7 Å². The Kier molecular flexibility index (Phi) is 4.99. The van der Waals surface area contributed by atoms with E-state index in [0.717, 1.165) is 17.8 Å². The van der Waals surface area contributed by atoms with Crippen molar-refractivity contribution in [3.05, 3.63) is 77.9 Å². The van der Waals surface area contributed by atoms with E-state index in [0.29, 0.717) is 18.1 Å². The van der Waals surface area contributed by atoms with Gasteiger partial charge in [-0.25, -0.2) is 0 Å². The lowest BCUT2D eigenvalue weighted by Gasteiger charge is -2.43.